The third-order valence-corrected chi connectivity index (χ3v) is 3.14. The summed E-state index contributed by atoms with van der Waals surface area (Å²) in [7, 11) is 0. The van der Waals surface area contributed by atoms with Gasteiger partial charge in [0.25, 0.3) is 0 Å². The maximum atomic E-state index is 12.9. The molecule has 0 aromatic heterocycles. The van der Waals surface area contributed by atoms with Gasteiger partial charge in [-0.2, -0.15) is 0 Å². The van der Waals surface area contributed by atoms with Gasteiger partial charge in [-0.05, 0) is 54.8 Å². The maximum Gasteiger partial charge on any atom is 0.195 e. The van der Waals surface area contributed by atoms with E-state index < -0.39 is 0 Å². The van der Waals surface area contributed by atoms with Crippen molar-refractivity contribution in [2.45, 2.75) is 13.3 Å². The van der Waals surface area contributed by atoms with Crippen LogP contribution >= 0.6 is 0 Å². The number of hydrogen-bond acceptors (Lipinski definition) is 3. The number of rotatable bonds is 4. The smallest absolute Gasteiger partial charge is 0.195 e. The van der Waals surface area contributed by atoms with E-state index >= 15 is 0 Å². The van der Waals surface area contributed by atoms with Gasteiger partial charge in [0.15, 0.2) is 5.78 Å². The molecule has 0 saturated carbocycles. The fourth-order valence-corrected chi connectivity index (χ4v) is 2.14. The highest BCUT2D eigenvalue weighted by molar-refractivity contribution is 6.12. The van der Waals surface area contributed by atoms with Crippen molar-refractivity contribution in [3.05, 3.63) is 64.5 Å². The molecule has 0 radical (unpaired) electrons. The average Bonchev–Trinajstić information content (AvgIpc) is 2.43. The maximum absolute atomic E-state index is 12.9. The van der Waals surface area contributed by atoms with Crippen molar-refractivity contribution in [2.24, 2.45) is 0 Å². The number of aliphatic hydroxyl groups excluding tert-OH is 1. The van der Waals surface area contributed by atoms with E-state index in [1.807, 2.05) is 13.0 Å². The molecule has 0 spiro atoms. The number of hydrogen-bond donors (Lipinski definition) is 2. The first-order valence-electron chi connectivity index (χ1n) is 6.33. The molecule has 3 N–H and O–H groups in total. The quantitative estimate of drug-likeness (QED) is 0.664. The number of carbonyl (C=O) groups is 1. The van der Waals surface area contributed by atoms with Gasteiger partial charge in [0.2, 0.25) is 0 Å². The van der Waals surface area contributed by atoms with E-state index in [4.69, 9.17) is 10.8 Å². The van der Waals surface area contributed by atoms with Gasteiger partial charge in [0.05, 0.1) is 0 Å². The molecule has 0 bridgehead atoms. The molecule has 0 saturated heterocycles. The van der Waals surface area contributed by atoms with Crippen molar-refractivity contribution in [3.63, 3.8) is 0 Å². The highest BCUT2D eigenvalue weighted by atomic mass is 19.1. The van der Waals surface area contributed by atoms with Crippen LogP contribution in [0.25, 0.3) is 0 Å². The molecular weight excluding hydrogens is 257 g/mol. The molecule has 2 aromatic rings. The Labute approximate surface area is 116 Å². The van der Waals surface area contributed by atoms with Gasteiger partial charge in [-0.15, -0.1) is 0 Å². The molecule has 2 aromatic carbocycles. The predicted molar refractivity (Wildman–Crippen MR) is 76.2 cm³/mol. The summed E-state index contributed by atoms with van der Waals surface area (Å²) in [5.74, 6) is -0.634. The molecule has 0 unspecified atom stereocenters. The summed E-state index contributed by atoms with van der Waals surface area (Å²) in [5.41, 5.74) is 8.80. The van der Waals surface area contributed by atoms with Gasteiger partial charge in [0.1, 0.15) is 5.82 Å². The summed E-state index contributed by atoms with van der Waals surface area (Å²) in [6, 6.07) is 8.92. The van der Waals surface area contributed by atoms with Crippen LogP contribution in [0.3, 0.4) is 0 Å². The Hall–Kier alpha value is -2.20. The Balaban J connectivity index is 2.46. The van der Waals surface area contributed by atoms with Crippen molar-refractivity contribution in [1.29, 1.82) is 0 Å². The zero-order chi connectivity index (χ0) is 14.7. The summed E-state index contributed by atoms with van der Waals surface area (Å²) in [4.78, 5) is 12.4. The van der Waals surface area contributed by atoms with E-state index in [0.29, 0.717) is 23.2 Å². The zero-order valence-electron chi connectivity index (χ0n) is 11.2. The van der Waals surface area contributed by atoms with Crippen molar-refractivity contribution in [3.8, 4) is 0 Å². The summed E-state index contributed by atoms with van der Waals surface area (Å²) in [6.07, 6.45) is 0.400. The SMILES string of the molecule is Cc1cc(CCO)c(N)c(C(=O)c2ccc(F)cc2)c1. The number of aryl methyl sites for hydroxylation is 1. The largest absolute Gasteiger partial charge is 0.398 e. The van der Waals surface area contributed by atoms with Crippen LogP contribution in [-0.2, 0) is 6.42 Å². The number of benzene rings is 2. The van der Waals surface area contributed by atoms with E-state index in [-0.39, 0.29) is 18.2 Å². The second-order valence-electron chi connectivity index (χ2n) is 4.69. The third-order valence-electron chi connectivity index (χ3n) is 3.14. The number of halogens is 1. The minimum atomic E-state index is -0.389. The van der Waals surface area contributed by atoms with E-state index in [1.54, 1.807) is 6.07 Å². The standard InChI is InChI=1S/C16H16FNO2/c1-10-8-12(6-7-19)15(18)14(9-10)16(20)11-2-4-13(17)5-3-11/h2-5,8-9,19H,6-7,18H2,1H3. The van der Waals surface area contributed by atoms with Crippen LogP contribution in [0.15, 0.2) is 36.4 Å². The molecule has 0 fully saturated rings. The van der Waals surface area contributed by atoms with Crippen LogP contribution in [0.4, 0.5) is 10.1 Å². The molecule has 0 aliphatic carbocycles. The minimum Gasteiger partial charge on any atom is -0.398 e. The Bertz CT molecular complexity index is 636. The Morgan fingerprint density at radius 1 is 1.25 bits per heavy atom. The van der Waals surface area contributed by atoms with Crippen molar-refractivity contribution in [1.82, 2.24) is 0 Å². The van der Waals surface area contributed by atoms with Crippen LogP contribution in [0, 0.1) is 12.7 Å². The van der Waals surface area contributed by atoms with Crippen LogP contribution in [-0.4, -0.2) is 17.5 Å². The van der Waals surface area contributed by atoms with E-state index in [9.17, 15) is 9.18 Å². The fourth-order valence-electron chi connectivity index (χ4n) is 2.14. The van der Waals surface area contributed by atoms with Gasteiger partial charge in [0, 0.05) is 23.4 Å². The normalized spacial score (nSPS) is 10.6. The highest BCUT2D eigenvalue weighted by Crippen LogP contribution is 2.23. The number of ketones is 1. The van der Waals surface area contributed by atoms with Crippen molar-refractivity contribution in [2.75, 3.05) is 12.3 Å². The van der Waals surface area contributed by atoms with Crippen molar-refractivity contribution >= 4 is 11.5 Å². The van der Waals surface area contributed by atoms with Gasteiger partial charge >= 0.3 is 0 Å². The lowest BCUT2D eigenvalue weighted by atomic mass is 9.95. The second-order valence-corrected chi connectivity index (χ2v) is 4.69. The van der Waals surface area contributed by atoms with Gasteiger partial charge in [-0.3, -0.25) is 4.79 Å². The molecule has 3 nitrogen and oxygen atoms in total. The first-order valence-corrected chi connectivity index (χ1v) is 6.33. The number of anilines is 1. The monoisotopic (exact) mass is 273 g/mol. The number of aliphatic hydroxyl groups is 1. The van der Waals surface area contributed by atoms with Gasteiger partial charge in [-0.1, -0.05) is 6.07 Å². The van der Waals surface area contributed by atoms with E-state index in [1.165, 1.54) is 24.3 Å². The Morgan fingerprint density at radius 2 is 1.90 bits per heavy atom. The molecule has 20 heavy (non-hydrogen) atoms. The fraction of sp³-hybridized carbons (Fsp3) is 0.188. The highest BCUT2D eigenvalue weighted by Gasteiger charge is 2.15. The second kappa shape index (κ2) is 5.84. The molecule has 0 aliphatic rings. The van der Waals surface area contributed by atoms with E-state index in [2.05, 4.69) is 0 Å². The van der Waals surface area contributed by atoms with Crippen LogP contribution in [0.5, 0.6) is 0 Å². The Morgan fingerprint density at radius 3 is 2.50 bits per heavy atom. The molecule has 104 valence electrons. The lowest BCUT2D eigenvalue weighted by Crippen LogP contribution is -2.09. The summed E-state index contributed by atoms with van der Waals surface area (Å²) < 4.78 is 12.9. The summed E-state index contributed by atoms with van der Waals surface area (Å²) >= 11 is 0. The number of carbonyl (C=O) groups excluding carboxylic acids is 1. The summed E-state index contributed by atoms with van der Waals surface area (Å²) in [5, 5.41) is 9.03. The van der Waals surface area contributed by atoms with Crippen LogP contribution < -0.4 is 5.73 Å². The first kappa shape index (κ1) is 14.2. The molecule has 0 aliphatic heterocycles. The lowest BCUT2D eigenvalue weighted by Gasteiger charge is -2.11. The van der Waals surface area contributed by atoms with Gasteiger partial charge in [-0.25, -0.2) is 4.39 Å². The topological polar surface area (TPSA) is 63.3 Å². The molecule has 0 amide bonds. The zero-order valence-corrected chi connectivity index (χ0v) is 11.2. The minimum absolute atomic E-state index is 0.0299. The average molecular weight is 273 g/mol. The van der Waals surface area contributed by atoms with Crippen molar-refractivity contribution < 1.29 is 14.3 Å². The van der Waals surface area contributed by atoms with Gasteiger partial charge < -0.3 is 10.8 Å². The summed E-state index contributed by atoms with van der Waals surface area (Å²) in [6.45, 7) is 1.83. The van der Waals surface area contributed by atoms with Crippen LogP contribution in [0.2, 0.25) is 0 Å². The van der Waals surface area contributed by atoms with Crippen LogP contribution in [0.1, 0.15) is 27.0 Å². The number of nitrogen functional groups attached to an aromatic ring is 1. The first-order chi connectivity index (χ1) is 9.52. The molecule has 4 heteroatoms. The molecule has 0 atom stereocenters. The lowest BCUT2D eigenvalue weighted by molar-refractivity contribution is 0.103. The van der Waals surface area contributed by atoms with E-state index in [0.717, 1.165) is 11.1 Å². The Kier molecular flexibility index (Phi) is 4.15. The molecule has 2 rings (SSSR count). The predicted octanol–water partition coefficient (Wildman–Crippen LogP) is 2.48. The third kappa shape index (κ3) is 2.86. The number of nitrogens with two attached hydrogens (primary N) is 1. The molecule has 0 heterocycles. The molecular formula is C16H16FNO2.